The predicted octanol–water partition coefficient (Wildman–Crippen LogP) is 3.13. The summed E-state index contributed by atoms with van der Waals surface area (Å²) in [6.07, 6.45) is 4.43. The lowest BCUT2D eigenvalue weighted by Crippen LogP contribution is -2.12. The Balaban J connectivity index is 1.93. The Bertz CT molecular complexity index is 615. The van der Waals surface area contributed by atoms with Gasteiger partial charge in [0.25, 0.3) is 0 Å². The van der Waals surface area contributed by atoms with Crippen LogP contribution < -0.4 is 5.73 Å². The predicted molar refractivity (Wildman–Crippen MR) is 69.0 cm³/mol. The third-order valence-corrected chi connectivity index (χ3v) is 3.62. The maximum absolute atomic E-state index is 6.22. The maximum Gasteiger partial charge on any atom is 0.134 e. The average Bonchev–Trinajstić information content (AvgIpc) is 2.96. The first kappa shape index (κ1) is 10.5. The highest BCUT2D eigenvalue weighted by Gasteiger charge is 2.14. The van der Waals surface area contributed by atoms with Crippen molar-refractivity contribution in [2.45, 2.75) is 12.5 Å². The quantitative estimate of drug-likeness (QED) is 0.770. The molecule has 0 saturated heterocycles. The molecule has 1 unspecified atom stereocenters. The molecule has 2 N–H and O–H groups in total. The Morgan fingerprint density at radius 2 is 2.24 bits per heavy atom. The lowest BCUT2D eigenvalue weighted by Gasteiger charge is -2.07. The second-order valence-electron chi connectivity index (χ2n) is 3.97. The molecule has 86 valence electrons. The second-order valence-corrected chi connectivity index (χ2v) is 4.94. The average molecular weight is 244 g/mol. The number of nitrogens with two attached hydrogens (primary N) is 1. The summed E-state index contributed by atoms with van der Waals surface area (Å²) in [7, 11) is 0. The van der Waals surface area contributed by atoms with Gasteiger partial charge < -0.3 is 10.2 Å². The van der Waals surface area contributed by atoms with E-state index in [-0.39, 0.29) is 6.04 Å². The number of fused-ring (bicyclic) bond motifs is 1. The molecule has 0 fully saturated rings. The van der Waals surface area contributed by atoms with Crippen molar-refractivity contribution in [1.82, 2.24) is 4.98 Å². The standard InChI is InChI=1S/C13H12N2OS/c14-12(5-9-6-15-8-17-9)11-7-16-13-4-2-1-3-10(11)13/h1-4,6-8,12H,5,14H2. The van der Waals surface area contributed by atoms with E-state index < -0.39 is 0 Å². The van der Waals surface area contributed by atoms with Crippen LogP contribution in [0.5, 0.6) is 0 Å². The molecule has 0 saturated carbocycles. The van der Waals surface area contributed by atoms with Crippen LogP contribution in [0.25, 0.3) is 11.0 Å². The van der Waals surface area contributed by atoms with E-state index in [4.69, 9.17) is 10.2 Å². The number of furan rings is 1. The van der Waals surface area contributed by atoms with E-state index >= 15 is 0 Å². The summed E-state index contributed by atoms with van der Waals surface area (Å²) in [6, 6.07) is 7.92. The number of benzene rings is 1. The lowest BCUT2D eigenvalue weighted by atomic mass is 10.0. The second kappa shape index (κ2) is 4.31. The summed E-state index contributed by atoms with van der Waals surface area (Å²) in [5, 5.41) is 1.10. The van der Waals surface area contributed by atoms with Gasteiger partial charge in [0.1, 0.15) is 5.58 Å². The molecule has 0 bridgehead atoms. The van der Waals surface area contributed by atoms with Gasteiger partial charge in [-0.15, -0.1) is 11.3 Å². The van der Waals surface area contributed by atoms with E-state index in [1.807, 2.05) is 36.0 Å². The van der Waals surface area contributed by atoms with Gasteiger partial charge in [-0.05, 0) is 6.07 Å². The van der Waals surface area contributed by atoms with Crippen molar-refractivity contribution >= 4 is 22.3 Å². The number of nitrogens with zero attached hydrogens (tertiary/aromatic N) is 1. The number of aromatic nitrogens is 1. The van der Waals surface area contributed by atoms with Crippen LogP contribution in [0.3, 0.4) is 0 Å². The van der Waals surface area contributed by atoms with E-state index in [1.165, 1.54) is 4.88 Å². The molecule has 0 aliphatic carbocycles. The van der Waals surface area contributed by atoms with Gasteiger partial charge >= 0.3 is 0 Å². The van der Waals surface area contributed by atoms with Crippen LogP contribution in [0.1, 0.15) is 16.5 Å². The molecular formula is C13H12N2OS. The molecule has 0 aliphatic rings. The number of hydrogen-bond donors (Lipinski definition) is 1. The summed E-state index contributed by atoms with van der Waals surface area (Å²) in [4.78, 5) is 5.26. The van der Waals surface area contributed by atoms with Crippen LogP contribution in [0, 0.1) is 0 Å². The Labute approximate surface area is 103 Å². The minimum absolute atomic E-state index is 0.0425. The Kier molecular flexibility index (Phi) is 2.66. The normalized spacial score (nSPS) is 13.0. The molecule has 2 heterocycles. The van der Waals surface area contributed by atoms with Gasteiger partial charge in [-0.1, -0.05) is 18.2 Å². The van der Waals surface area contributed by atoms with Crippen LogP contribution in [0.4, 0.5) is 0 Å². The van der Waals surface area contributed by atoms with Gasteiger partial charge in [-0.3, -0.25) is 4.98 Å². The third-order valence-electron chi connectivity index (χ3n) is 2.81. The third kappa shape index (κ3) is 1.97. The summed E-state index contributed by atoms with van der Waals surface area (Å²) in [5.74, 6) is 0. The summed E-state index contributed by atoms with van der Waals surface area (Å²) >= 11 is 1.63. The lowest BCUT2D eigenvalue weighted by molar-refractivity contribution is 0.600. The van der Waals surface area contributed by atoms with E-state index in [1.54, 1.807) is 17.6 Å². The van der Waals surface area contributed by atoms with Crippen LogP contribution >= 0.6 is 11.3 Å². The van der Waals surface area contributed by atoms with Gasteiger partial charge in [0.05, 0.1) is 11.8 Å². The highest BCUT2D eigenvalue weighted by Crippen LogP contribution is 2.27. The first-order valence-corrected chi connectivity index (χ1v) is 6.31. The molecule has 3 nitrogen and oxygen atoms in total. The van der Waals surface area contributed by atoms with Gasteiger partial charge in [-0.2, -0.15) is 0 Å². The van der Waals surface area contributed by atoms with Crippen LogP contribution in [-0.4, -0.2) is 4.98 Å². The molecule has 0 amide bonds. The largest absolute Gasteiger partial charge is 0.464 e. The first-order valence-electron chi connectivity index (χ1n) is 5.43. The zero-order valence-electron chi connectivity index (χ0n) is 9.17. The highest BCUT2D eigenvalue weighted by molar-refractivity contribution is 7.09. The van der Waals surface area contributed by atoms with E-state index in [2.05, 4.69) is 4.98 Å². The molecule has 1 aromatic carbocycles. The Hall–Kier alpha value is -1.65. The smallest absolute Gasteiger partial charge is 0.134 e. The number of thiazole rings is 1. The van der Waals surface area contributed by atoms with Crippen molar-refractivity contribution in [3.63, 3.8) is 0 Å². The molecule has 0 radical (unpaired) electrons. The van der Waals surface area contributed by atoms with E-state index in [9.17, 15) is 0 Å². The highest BCUT2D eigenvalue weighted by atomic mass is 32.1. The van der Waals surface area contributed by atoms with Gasteiger partial charge in [-0.25, -0.2) is 0 Å². The van der Waals surface area contributed by atoms with Crippen molar-refractivity contribution in [2.24, 2.45) is 5.73 Å². The van der Waals surface area contributed by atoms with Crippen molar-refractivity contribution < 1.29 is 4.42 Å². The van der Waals surface area contributed by atoms with E-state index in [0.29, 0.717) is 0 Å². The molecule has 3 rings (SSSR count). The van der Waals surface area contributed by atoms with Crippen LogP contribution in [0.15, 0.2) is 46.7 Å². The van der Waals surface area contributed by atoms with Crippen LogP contribution in [-0.2, 0) is 6.42 Å². The molecule has 17 heavy (non-hydrogen) atoms. The Morgan fingerprint density at radius 3 is 3.06 bits per heavy atom. The van der Waals surface area contributed by atoms with Crippen molar-refractivity contribution in [3.05, 3.63) is 52.7 Å². The van der Waals surface area contributed by atoms with Crippen LogP contribution in [0.2, 0.25) is 0 Å². The van der Waals surface area contributed by atoms with Crippen molar-refractivity contribution in [3.8, 4) is 0 Å². The molecule has 4 heteroatoms. The number of para-hydroxylation sites is 1. The van der Waals surface area contributed by atoms with Gasteiger partial charge in [0.2, 0.25) is 0 Å². The Morgan fingerprint density at radius 1 is 1.35 bits per heavy atom. The molecule has 0 aliphatic heterocycles. The maximum atomic E-state index is 6.22. The minimum atomic E-state index is -0.0425. The minimum Gasteiger partial charge on any atom is -0.464 e. The van der Waals surface area contributed by atoms with Gasteiger partial charge in [0.15, 0.2) is 0 Å². The summed E-state index contributed by atoms with van der Waals surface area (Å²) in [5.41, 5.74) is 10.00. The van der Waals surface area contributed by atoms with Gasteiger partial charge in [0, 0.05) is 34.5 Å². The topological polar surface area (TPSA) is 52.0 Å². The number of hydrogen-bond acceptors (Lipinski definition) is 4. The van der Waals surface area contributed by atoms with Crippen molar-refractivity contribution in [1.29, 1.82) is 0 Å². The molecule has 2 aromatic heterocycles. The number of rotatable bonds is 3. The zero-order valence-corrected chi connectivity index (χ0v) is 9.98. The van der Waals surface area contributed by atoms with Crippen molar-refractivity contribution in [2.75, 3.05) is 0 Å². The first-order chi connectivity index (χ1) is 8.34. The summed E-state index contributed by atoms with van der Waals surface area (Å²) < 4.78 is 5.50. The fraction of sp³-hybridized carbons (Fsp3) is 0.154. The molecular weight excluding hydrogens is 232 g/mol. The summed E-state index contributed by atoms with van der Waals surface area (Å²) in [6.45, 7) is 0. The SMILES string of the molecule is NC(Cc1cncs1)c1coc2ccccc12. The molecule has 1 atom stereocenters. The fourth-order valence-corrected chi connectivity index (χ4v) is 2.61. The monoisotopic (exact) mass is 244 g/mol. The molecule has 3 aromatic rings. The molecule has 0 spiro atoms. The fourth-order valence-electron chi connectivity index (χ4n) is 1.96. The van der Waals surface area contributed by atoms with E-state index in [0.717, 1.165) is 23.0 Å². The zero-order chi connectivity index (χ0) is 11.7.